The molecule has 1 aromatic carbocycles. The Morgan fingerprint density at radius 2 is 1.95 bits per heavy atom. The van der Waals surface area contributed by atoms with Gasteiger partial charge in [0.25, 0.3) is 0 Å². The Hall–Kier alpha value is -1.58. The van der Waals surface area contributed by atoms with Crippen molar-refractivity contribution in [2.45, 2.75) is 30.7 Å². The number of aromatic nitrogens is 1. The van der Waals surface area contributed by atoms with E-state index in [-0.39, 0.29) is 0 Å². The third kappa shape index (κ3) is 2.52. The first kappa shape index (κ1) is 13.1. The summed E-state index contributed by atoms with van der Waals surface area (Å²) in [5.74, 6) is 2.14. The molecular formula is C17H17ClN2O. The van der Waals surface area contributed by atoms with Crippen molar-refractivity contribution in [3.05, 3.63) is 53.3 Å². The second-order valence-electron chi connectivity index (χ2n) is 5.93. The van der Waals surface area contributed by atoms with Gasteiger partial charge >= 0.3 is 0 Å². The maximum Gasteiger partial charge on any atom is 0.145 e. The number of nitrogens with zero attached hydrogens (tertiary/aromatic N) is 1. The van der Waals surface area contributed by atoms with E-state index in [1.165, 1.54) is 24.8 Å². The SMILES string of the molecule is Clc1ccc(Oc2cncc(C3CCNC34CC4)c2)cc1. The smallest absolute Gasteiger partial charge is 0.145 e. The van der Waals surface area contributed by atoms with Crippen molar-refractivity contribution in [3.63, 3.8) is 0 Å². The molecule has 21 heavy (non-hydrogen) atoms. The van der Waals surface area contributed by atoms with Gasteiger partial charge in [0.15, 0.2) is 0 Å². The molecule has 4 rings (SSSR count). The van der Waals surface area contributed by atoms with Crippen molar-refractivity contribution in [2.75, 3.05) is 6.54 Å². The van der Waals surface area contributed by atoms with Crippen LogP contribution in [0.3, 0.4) is 0 Å². The van der Waals surface area contributed by atoms with E-state index in [9.17, 15) is 0 Å². The fraction of sp³-hybridized carbons (Fsp3) is 0.353. The zero-order valence-electron chi connectivity index (χ0n) is 11.7. The molecule has 4 heteroatoms. The minimum absolute atomic E-state index is 0.348. The molecule has 3 nitrogen and oxygen atoms in total. The van der Waals surface area contributed by atoms with E-state index in [0.29, 0.717) is 16.5 Å². The van der Waals surface area contributed by atoms with E-state index < -0.39 is 0 Å². The minimum atomic E-state index is 0.348. The Kier molecular flexibility index (Phi) is 3.12. The van der Waals surface area contributed by atoms with E-state index in [0.717, 1.165) is 18.0 Å². The third-order valence-corrected chi connectivity index (χ3v) is 4.80. The maximum atomic E-state index is 5.89. The van der Waals surface area contributed by atoms with Crippen LogP contribution < -0.4 is 10.1 Å². The number of benzene rings is 1. The fourth-order valence-electron chi connectivity index (χ4n) is 3.33. The van der Waals surface area contributed by atoms with Gasteiger partial charge in [-0.05, 0) is 61.7 Å². The number of hydrogen-bond donors (Lipinski definition) is 1. The summed E-state index contributed by atoms with van der Waals surface area (Å²) in [7, 11) is 0. The molecule has 1 saturated carbocycles. The summed E-state index contributed by atoms with van der Waals surface area (Å²) >= 11 is 5.89. The number of rotatable bonds is 3. The van der Waals surface area contributed by atoms with Gasteiger partial charge in [0.1, 0.15) is 11.5 Å². The van der Waals surface area contributed by atoms with Crippen LogP contribution in [0.1, 0.15) is 30.7 Å². The van der Waals surface area contributed by atoms with Crippen LogP contribution in [0.15, 0.2) is 42.7 Å². The van der Waals surface area contributed by atoms with Gasteiger partial charge in [-0.1, -0.05) is 11.6 Å². The highest BCUT2D eigenvalue weighted by Crippen LogP contribution is 2.52. The Bertz CT molecular complexity index is 652. The predicted octanol–water partition coefficient (Wildman–Crippen LogP) is 4.14. The monoisotopic (exact) mass is 300 g/mol. The number of pyridine rings is 1. The summed E-state index contributed by atoms with van der Waals surface area (Å²) in [5.41, 5.74) is 1.63. The summed E-state index contributed by atoms with van der Waals surface area (Å²) in [6, 6.07) is 9.52. The van der Waals surface area contributed by atoms with Crippen molar-refractivity contribution >= 4 is 11.6 Å². The fourth-order valence-corrected chi connectivity index (χ4v) is 3.46. The predicted molar refractivity (Wildman–Crippen MR) is 83.1 cm³/mol. The minimum Gasteiger partial charge on any atom is -0.456 e. The lowest BCUT2D eigenvalue weighted by atomic mass is 9.91. The number of hydrogen-bond acceptors (Lipinski definition) is 3. The molecule has 0 bridgehead atoms. The molecule has 1 atom stereocenters. The van der Waals surface area contributed by atoms with Crippen molar-refractivity contribution in [1.29, 1.82) is 0 Å². The lowest BCUT2D eigenvalue weighted by molar-refractivity contribution is 0.475. The van der Waals surface area contributed by atoms with Crippen molar-refractivity contribution in [1.82, 2.24) is 10.3 Å². The van der Waals surface area contributed by atoms with Gasteiger partial charge in [0.05, 0.1) is 6.20 Å². The lowest BCUT2D eigenvalue weighted by Gasteiger charge is -2.19. The molecule has 2 heterocycles. The van der Waals surface area contributed by atoms with Crippen LogP contribution in [-0.2, 0) is 0 Å². The molecule has 1 aliphatic heterocycles. The average Bonchev–Trinajstić information content (AvgIpc) is 3.13. The Morgan fingerprint density at radius 3 is 2.71 bits per heavy atom. The van der Waals surface area contributed by atoms with Crippen LogP contribution in [0.2, 0.25) is 5.02 Å². The molecule has 1 unspecified atom stereocenters. The van der Waals surface area contributed by atoms with Crippen LogP contribution in [0.5, 0.6) is 11.5 Å². The second kappa shape index (κ2) is 5.00. The van der Waals surface area contributed by atoms with E-state index in [2.05, 4.69) is 16.4 Å². The maximum absolute atomic E-state index is 5.89. The standard InChI is InChI=1S/C17H17ClN2O/c18-13-1-3-14(4-2-13)21-15-9-12(10-19-11-15)16-5-8-20-17(16)6-7-17/h1-4,9-11,16,20H,5-8H2. The lowest BCUT2D eigenvalue weighted by Crippen LogP contribution is -2.27. The van der Waals surface area contributed by atoms with Crippen LogP contribution in [0.4, 0.5) is 0 Å². The van der Waals surface area contributed by atoms with Crippen molar-refractivity contribution in [3.8, 4) is 11.5 Å². The number of ether oxygens (including phenoxy) is 1. The van der Waals surface area contributed by atoms with Gasteiger partial charge in [0, 0.05) is 22.7 Å². The first-order chi connectivity index (χ1) is 10.3. The quantitative estimate of drug-likeness (QED) is 0.925. The first-order valence-electron chi connectivity index (χ1n) is 7.39. The molecule has 1 N–H and O–H groups in total. The Balaban J connectivity index is 1.57. The van der Waals surface area contributed by atoms with Crippen LogP contribution in [0.25, 0.3) is 0 Å². The molecule has 2 fully saturated rings. The first-order valence-corrected chi connectivity index (χ1v) is 7.76. The molecule has 1 aromatic heterocycles. The Labute approximate surface area is 129 Å². The molecule has 1 saturated heterocycles. The highest BCUT2D eigenvalue weighted by Gasteiger charge is 2.52. The molecule has 0 radical (unpaired) electrons. The van der Waals surface area contributed by atoms with E-state index in [4.69, 9.17) is 16.3 Å². The number of halogens is 1. The van der Waals surface area contributed by atoms with Gasteiger partial charge in [-0.2, -0.15) is 0 Å². The van der Waals surface area contributed by atoms with Crippen LogP contribution >= 0.6 is 11.6 Å². The summed E-state index contributed by atoms with van der Waals surface area (Å²) in [6.07, 6.45) is 7.48. The number of nitrogens with one attached hydrogen (secondary N) is 1. The molecule has 0 amide bonds. The summed E-state index contributed by atoms with van der Waals surface area (Å²) in [5, 5.41) is 4.36. The molecular weight excluding hydrogens is 284 g/mol. The summed E-state index contributed by atoms with van der Waals surface area (Å²) < 4.78 is 5.88. The molecule has 1 aliphatic carbocycles. The molecule has 1 spiro atoms. The van der Waals surface area contributed by atoms with E-state index in [1.54, 1.807) is 6.20 Å². The van der Waals surface area contributed by atoms with Crippen molar-refractivity contribution < 1.29 is 4.74 Å². The molecule has 2 aliphatic rings. The van der Waals surface area contributed by atoms with Gasteiger partial charge in [-0.3, -0.25) is 4.98 Å². The van der Waals surface area contributed by atoms with Gasteiger partial charge in [-0.15, -0.1) is 0 Å². The Morgan fingerprint density at radius 1 is 1.14 bits per heavy atom. The summed E-state index contributed by atoms with van der Waals surface area (Å²) in [6.45, 7) is 1.10. The van der Waals surface area contributed by atoms with Crippen LogP contribution in [-0.4, -0.2) is 17.1 Å². The van der Waals surface area contributed by atoms with Gasteiger partial charge in [-0.25, -0.2) is 0 Å². The average molecular weight is 301 g/mol. The molecule has 108 valence electrons. The summed E-state index contributed by atoms with van der Waals surface area (Å²) in [4.78, 5) is 4.36. The zero-order valence-corrected chi connectivity index (χ0v) is 12.4. The van der Waals surface area contributed by atoms with E-state index in [1.807, 2.05) is 30.5 Å². The highest BCUT2D eigenvalue weighted by atomic mass is 35.5. The topological polar surface area (TPSA) is 34.1 Å². The zero-order chi connectivity index (χ0) is 14.3. The second-order valence-corrected chi connectivity index (χ2v) is 6.37. The van der Waals surface area contributed by atoms with Gasteiger partial charge < -0.3 is 10.1 Å². The molecule has 2 aromatic rings. The van der Waals surface area contributed by atoms with Crippen molar-refractivity contribution in [2.24, 2.45) is 0 Å². The van der Waals surface area contributed by atoms with E-state index >= 15 is 0 Å². The largest absolute Gasteiger partial charge is 0.456 e. The van der Waals surface area contributed by atoms with Crippen LogP contribution in [0, 0.1) is 0 Å². The third-order valence-electron chi connectivity index (χ3n) is 4.55. The normalized spacial score (nSPS) is 22.4. The van der Waals surface area contributed by atoms with Gasteiger partial charge in [0.2, 0.25) is 0 Å². The highest BCUT2D eigenvalue weighted by molar-refractivity contribution is 6.30.